The van der Waals surface area contributed by atoms with Gasteiger partial charge in [-0.15, -0.1) is 0 Å². The fourth-order valence-electron chi connectivity index (χ4n) is 2.08. The van der Waals surface area contributed by atoms with Crippen LogP contribution < -0.4 is 5.32 Å². The molecular weight excluding hydrogens is 240 g/mol. The summed E-state index contributed by atoms with van der Waals surface area (Å²) in [5.41, 5.74) is 1.84. The molecule has 0 fully saturated rings. The Morgan fingerprint density at radius 1 is 1.16 bits per heavy atom. The molecule has 1 aromatic carbocycles. The average Bonchev–Trinajstić information content (AvgIpc) is 2.37. The molecule has 0 heterocycles. The maximum absolute atomic E-state index is 10.9. The summed E-state index contributed by atoms with van der Waals surface area (Å²) in [4.78, 5) is 10.6. The van der Waals surface area contributed by atoms with E-state index in [-0.39, 0.29) is 10.6 Å². The molecule has 0 saturated heterocycles. The third kappa shape index (κ3) is 5.73. The van der Waals surface area contributed by atoms with Gasteiger partial charge in [-0.1, -0.05) is 45.1 Å². The molecule has 0 amide bonds. The molecule has 0 aliphatic rings. The van der Waals surface area contributed by atoms with Crippen LogP contribution in [-0.4, -0.2) is 11.5 Å². The summed E-state index contributed by atoms with van der Waals surface area (Å²) >= 11 is 0. The number of nitro groups is 1. The van der Waals surface area contributed by atoms with Crippen molar-refractivity contribution in [3.63, 3.8) is 0 Å². The van der Waals surface area contributed by atoms with E-state index in [1.807, 2.05) is 13.0 Å². The molecule has 0 radical (unpaired) electrons. The van der Waals surface area contributed by atoms with Gasteiger partial charge < -0.3 is 5.32 Å². The lowest BCUT2D eigenvalue weighted by atomic mass is 10.1. The molecule has 0 unspecified atom stereocenters. The molecule has 1 rings (SSSR count). The number of hydrogen-bond acceptors (Lipinski definition) is 3. The molecule has 4 nitrogen and oxygen atoms in total. The Labute approximate surface area is 115 Å². The molecular formula is C15H24N2O2. The van der Waals surface area contributed by atoms with Crippen molar-refractivity contribution in [3.8, 4) is 0 Å². The third-order valence-corrected chi connectivity index (χ3v) is 3.19. The molecule has 4 heteroatoms. The quantitative estimate of drug-likeness (QED) is 0.400. The first-order valence-electron chi connectivity index (χ1n) is 7.14. The highest BCUT2D eigenvalue weighted by molar-refractivity contribution is 5.62. The van der Waals surface area contributed by atoms with Crippen LogP contribution in [0.4, 0.5) is 11.4 Å². The van der Waals surface area contributed by atoms with Gasteiger partial charge in [-0.25, -0.2) is 0 Å². The average molecular weight is 264 g/mol. The molecule has 0 aliphatic carbocycles. The van der Waals surface area contributed by atoms with E-state index in [9.17, 15) is 10.1 Å². The Hall–Kier alpha value is -1.58. The van der Waals surface area contributed by atoms with E-state index in [2.05, 4.69) is 12.2 Å². The first-order chi connectivity index (χ1) is 9.15. The first kappa shape index (κ1) is 15.5. The zero-order valence-corrected chi connectivity index (χ0v) is 11.9. The van der Waals surface area contributed by atoms with E-state index < -0.39 is 0 Å². The number of unbranched alkanes of at least 4 members (excludes halogenated alkanes) is 5. The predicted molar refractivity (Wildman–Crippen MR) is 79.7 cm³/mol. The second kappa shape index (κ2) is 8.51. The second-order valence-corrected chi connectivity index (χ2v) is 4.97. The number of nitrogens with zero attached hydrogens (tertiary/aromatic N) is 1. The Morgan fingerprint density at radius 2 is 1.84 bits per heavy atom. The number of nitro benzene ring substituents is 1. The van der Waals surface area contributed by atoms with Crippen LogP contribution in [0, 0.1) is 17.0 Å². The smallest absolute Gasteiger partial charge is 0.292 e. The summed E-state index contributed by atoms with van der Waals surface area (Å²) in [5.74, 6) is 0. The van der Waals surface area contributed by atoms with E-state index in [1.165, 1.54) is 32.1 Å². The van der Waals surface area contributed by atoms with Gasteiger partial charge in [0.15, 0.2) is 0 Å². The normalized spacial score (nSPS) is 10.4. The Morgan fingerprint density at radius 3 is 2.53 bits per heavy atom. The van der Waals surface area contributed by atoms with Gasteiger partial charge in [0.1, 0.15) is 5.69 Å². The molecule has 0 aromatic heterocycles. The molecule has 0 saturated carbocycles. The van der Waals surface area contributed by atoms with Gasteiger partial charge in [0.05, 0.1) is 4.92 Å². The molecule has 0 spiro atoms. The lowest BCUT2D eigenvalue weighted by Gasteiger charge is -2.08. The van der Waals surface area contributed by atoms with Gasteiger partial charge in [0, 0.05) is 12.6 Å². The van der Waals surface area contributed by atoms with Crippen LogP contribution in [0.25, 0.3) is 0 Å². The van der Waals surface area contributed by atoms with Crippen LogP contribution in [0.5, 0.6) is 0 Å². The van der Waals surface area contributed by atoms with Crippen molar-refractivity contribution >= 4 is 11.4 Å². The minimum atomic E-state index is -0.330. The topological polar surface area (TPSA) is 55.2 Å². The number of nitrogens with one attached hydrogen (secondary N) is 1. The summed E-state index contributed by atoms with van der Waals surface area (Å²) in [6.45, 7) is 4.95. The Bertz CT molecular complexity index is 405. The van der Waals surface area contributed by atoms with E-state index in [0.717, 1.165) is 18.5 Å². The van der Waals surface area contributed by atoms with Crippen LogP contribution in [0.1, 0.15) is 51.0 Å². The lowest BCUT2D eigenvalue weighted by molar-refractivity contribution is -0.384. The molecule has 0 aliphatic heterocycles. The number of hydrogen-bond donors (Lipinski definition) is 1. The third-order valence-electron chi connectivity index (χ3n) is 3.19. The van der Waals surface area contributed by atoms with Crippen molar-refractivity contribution in [2.24, 2.45) is 0 Å². The van der Waals surface area contributed by atoms with Crippen LogP contribution in [0.3, 0.4) is 0 Å². The van der Waals surface area contributed by atoms with Crippen LogP contribution in [0.2, 0.25) is 0 Å². The number of rotatable bonds is 9. The van der Waals surface area contributed by atoms with Gasteiger partial charge >= 0.3 is 0 Å². The van der Waals surface area contributed by atoms with Crippen molar-refractivity contribution in [3.05, 3.63) is 33.9 Å². The van der Waals surface area contributed by atoms with Gasteiger partial charge in [-0.3, -0.25) is 10.1 Å². The maximum Gasteiger partial charge on any atom is 0.292 e. The molecule has 1 N–H and O–H groups in total. The van der Waals surface area contributed by atoms with Gasteiger partial charge in [0.2, 0.25) is 0 Å². The summed E-state index contributed by atoms with van der Waals surface area (Å²) in [6, 6.07) is 5.18. The van der Waals surface area contributed by atoms with Crippen molar-refractivity contribution in [2.45, 2.75) is 52.4 Å². The summed E-state index contributed by atoms with van der Waals surface area (Å²) in [5, 5.41) is 14.1. The SMILES string of the molecule is CCCCCCCCNc1cc(C)ccc1[N+](=O)[O-]. The largest absolute Gasteiger partial charge is 0.379 e. The fraction of sp³-hybridized carbons (Fsp3) is 0.600. The highest BCUT2D eigenvalue weighted by Gasteiger charge is 2.12. The zero-order chi connectivity index (χ0) is 14.1. The predicted octanol–water partition coefficient (Wildman–Crippen LogP) is 4.68. The van der Waals surface area contributed by atoms with Crippen molar-refractivity contribution in [1.82, 2.24) is 0 Å². The molecule has 0 atom stereocenters. The van der Waals surface area contributed by atoms with Crippen molar-refractivity contribution < 1.29 is 4.92 Å². The highest BCUT2D eigenvalue weighted by atomic mass is 16.6. The van der Waals surface area contributed by atoms with E-state index in [4.69, 9.17) is 0 Å². The molecule has 106 valence electrons. The van der Waals surface area contributed by atoms with Gasteiger partial charge in [-0.2, -0.15) is 0 Å². The lowest BCUT2D eigenvalue weighted by Crippen LogP contribution is -2.04. The Kier molecular flexibility index (Phi) is 6.93. The summed E-state index contributed by atoms with van der Waals surface area (Å²) < 4.78 is 0. The molecule has 0 bridgehead atoms. The van der Waals surface area contributed by atoms with E-state index in [0.29, 0.717) is 5.69 Å². The molecule has 1 aromatic rings. The van der Waals surface area contributed by atoms with Crippen molar-refractivity contribution in [1.29, 1.82) is 0 Å². The molecule has 19 heavy (non-hydrogen) atoms. The van der Waals surface area contributed by atoms with Gasteiger partial charge in [-0.05, 0) is 25.0 Å². The standard InChI is InChI=1S/C15H24N2O2/c1-3-4-5-6-7-8-11-16-14-12-13(2)9-10-15(14)17(18)19/h9-10,12,16H,3-8,11H2,1-2H3. The van der Waals surface area contributed by atoms with E-state index >= 15 is 0 Å². The van der Waals surface area contributed by atoms with Crippen LogP contribution in [0.15, 0.2) is 18.2 Å². The number of anilines is 1. The zero-order valence-electron chi connectivity index (χ0n) is 11.9. The highest BCUT2D eigenvalue weighted by Crippen LogP contribution is 2.25. The minimum absolute atomic E-state index is 0.164. The first-order valence-corrected chi connectivity index (χ1v) is 7.14. The van der Waals surface area contributed by atoms with Gasteiger partial charge in [0.25, 0.3) is 5.69 Å². The summed E-state index contributed by atoms with van der Waals surface area (Å²) in [7, 11) is 0. The van der Waals surface area contributed by atoms with Crippen molar-refractivity contribution in [2.75, 3.05) is 11.9 Å². The number of benzene rings is 1. The minimum Gasteiger partial charge on any atom is -0.379 e. The fourth-order valence-corrected chi connectivity index (χ4v) is 2.08. The second-order valence-electron chi connectivity index (χ2n) is 4.97. The Balaban J connectivity index is 2.36. The summed E-state index contributed by atoms with van der Waals surface area (Å²) in [6.07, 6.45) is 7.36. The van der Waals surface area contributed by atoms with Crippen LogP contribution >= 0.6 is 0 Å². The monoisotopic (exact) mass is 264 g/mol. The van der Waals surface area contributed by atoms with E-state index in [1.54, 1.807) is 12.1 Å². The maximum atomic E-state index is 10.9. The number of aryl methyl sites for hydroxylation is 1. The van der Waals surface area contributed by atoms with Crippen LogP contribution in [-0.2, 0) is 0 Å².